The lowest BCUT2D eigenvalue weighted by Crippen LogP contribution is -2.40. The fourth-order valence-corrected chi connectivity index (χ4v) is 2.72. The van der Waals surface area contributed by atoms with E-state index in [1.165, 1.54) is 7.11 Å². The lowest BCUT2D eigenvalue weighted by molar-refractivity contribution is -0.141. The number of methoxy groups -OCH3 is 1. The highest BCUT2D eigenvalue weighted by Gasteiger charge is 2.23. The quantitative estimate of drug-likeness (QED) is 0.704. The zero-order chi connectivity index (χ0) is 16.0. The number of halogens is 1. The third-order valence-corrected chi connectivity index (χ3v) is 4.09. The van der Waals surface area contributed by atoms with Crippen molar-refractivity contribution < 1.29 is 14.3 Å². The minimum Gasteiger partial charge on any atom is -0.468 e. The van der Waals surface area contributed by atoms with E-state index < -0.39 is 5.97 Å². The van der Waals surface area contributed by atoms with Gasteiger partial charge in [0.2, 0.25) is 0 Å². The average Bonchev–Trinajstić information content (AvgIpc) is 2.81. The molecular weight excluding hydrogens is 336 g/mol. The van der Waals surface area contributed by atoms with Crippen LogP contribution in [0.15, 0.2) is 16.7 Å². The first kappa shape index (κ1) is 17.8. The number of hydrogen-bond donors (Lipinski definition) is 0. The first-order chi connectivity index (χ1) is 9.92. The van der Waals surface area contributed by atoms with E-state index in [9.17, 15) is 9.59 Å². The number of aryl methyl sites for hydroxylation is 1. The fraction of sp³-hybridized carbons (Fsp3) is 0.600. The van der Waals surface area contributed by atoms with Gasteiger partial charge in [-0.2, -0.15) is 0 Å². The van der Waals surface area contributed by atoms with Gasteiger partial charge in [-0.3, -0.25) is 9.59 Å². The Labute approximate surface area is 134 Å². The van der Waals surface area contributed by atoms with Crippen LogP contribution in [0.1, 0.15) is 37.2 Å². The summed E-state index contributed by atoms with van der Waals surface area (Å²) in [5.74, 6) is -0.176. The smallest absolute Gasteiger partial charge is 0.325 e. The molecule has 0 spiro atoms. The summed E-state index contributed by atoms with van der Waals surface area (Å²) in [5.41, 5.74) is 0.553. The van der Waals surface area contributed by atoms with Crippen LogP contribution in [0.2, 0.25) is 0 Å². The summed E-state index contributed by atoms with van der Waals surface area (Å²) in [6, 6.07) is 1.76. The second-order valence-electron chi connectivity index (χ2n) is 5.10. The van der Waals surface area contributed by atoms with Crippen LogP contribution in [0.3, 0.4) is 0 Å². The highest BCUT2D eigenvalue weighted by molar-refractivity contribution is 9.10. The van der Waals surface area contributed by atoms with Crippen molar-refractivity contribution in [3.05, 3.63) is 22.4 Å². The standard InChI is InChI=1S/C15H23BrN2O3/c1-5-11(6-2)8-18(10-14(19)21-4)15(20)13-7-12(16)9-17(13)3/h7,9,11H,5-6,8,10H2,1-4H3. The molecule has 0 atom stereocenters. The summed E-state index contributed by atoms with van der Waals surface area (Å²) < 4.78 is 7.30. The molecule has 0 fully saturated rings. The predicted octanol–water partition coefficient (Wildman–Crippen LogP) is 2.84. The van der Waals surface area contributed by atoms with Gasteiger partial charge >= 0.3 is 5.97 Å². The van der Waals surface area contributed by atoms with Gasteiger partial charge in [-0.25, -0.2) is 0 Å². The Morgan fingerprint density at radius 1 is 1.38 bits per heavy atom. The molecule has 118 valence electrons. The molecule has 0 aliphatic carbocycles. The lowest BCUT2D eigenvalue weighted by Gasteiger charge is -2.25. The molecule has 0 radical (unpaired) electrons. The minimum atomic E-state index is -0.400. The van der Waals surface area contributed by atoms with Crippen molar-refractivity contribution in [2.75, 3.05) is 20.2 Å². The van der Waals surface area contributed by atoms with Crippen molar-refractivity contribution in [2.24, 2.45) is 13.0 Å². The highest BCUT2D eigenvalue weighted by Crippen LogP contribution is 2.17. The Morgan fingerprint density at radius 3 is 2.43 bits per heavy atom. The molecule has 0 saturated heterocycles. The van der Waals surface area contributed by atoms with Crippen molar-refractivity contribution in [3.63, 3.8) is 0 Å². The SMILES string of the molecule is CCC(CC)CN(CC(=O)OC)C(=O)c1cc(Br)cn1C. The van der Waals surface area contributed by atoms with Crippen LogP contribution in [0, 0.1) is 5.92 Å². The first-order valence-corrected chi connectivity index (χ1v) is 7.90. The van der Waals surface area contributed by atoms with Crippen LogP contribution < -0.4 is 0 Å². The second kappa shape index (κ2) is 8.22. The third-order valence-electron chi connectivity index (χ3n) is 3.66. The molecule has 5 nitrogen and oxygen atoms in total. The van der Waals surface area contributed by atoms with Gasteiger partial charge in [-0.15, -0.1) is 0 Å². The van der Waals surface area contributed by atoms with Crippen LogP contribution in [-0.4, -0.2) is 41.5 Å². The van der Waals surface area contributed by atoms with Crippen LogP contribution in [0.25, 0.3) is 0 Å². The number of aromatic nitrogens is 1. The van der Waals surface area contributed by atoms with Gasteiger partial charge in [0.05, 0.1) is 7.11 Å². The topological polar surface area (TPSA) is 51.5 Å². The molecule has 21 heavy (non-hydrogen) atoms. The van der Waals surface area contributed by atoms with Gasteiger partial charge in [0.1, 0.15) is 12.2 Å². The molecule has 1 aromatic rings. The van der Waals surface area contributed by atoms with Gasteiger partial charge in [0.15, 0.2) is 0 Å². The maximum absolute atomic E-state index is 12.7. The number of carbonyl (C=O) groups is 2. The minimum absolute atomic E-state index is 0.0192. The summed E-state index contributed by atoms with van der Waals surface area (Å²) in [6.45, 7) is 4.72. The van der Waals surface area contributed by atoms with Crippen LogP contribution in [-0.2, 0) is 16.6 Å². The van der Waals surface area contributed by atoms with Gasteiger partial charge < -0.3 is 14.2 Å². The van der Waals surface area contributed by atoms with Gasteiger partial charge in [0.25, 0.3) is 5.91 Å². The number of amides is 1. The molecule has 0 aliphatic heterocycles. The Kier molecular flexibility index (Phi) is 6.95. The molecule has 1 aromatic heterocycles. The number of hydrogen-bond acceptors (Lipinski definition) is 3. The van der Waals surface area contributed by atoms with Crippen molar-refractivity contribution >= 4 is 27.8 Å². The molecule has 1 amide bonds. The molecule has 0 aromatic carbocycles. The van der Waals surface area contributed by atoms with E-state index in [0.29, 0.717) is 18.2 Å². The largest absolute Gasteiger partial charge is 0.468 e. The van der Waals surface area contributed by atoms with E-state index in [2.05, 4.69) is 29.8 Å². The molecule has 0 unspecified atom stereocenters. The highest BCUT2D eigenvalue weighted by atomic mass is 79.9. The zero-order valence-corrected chi connectivity index (χ0v) is 14.6. The molecular formula is C15H23BrN2O3. The normalized spacial score (nSPS) is 10.8. The molecule has 0 N–H and O–H groups in total. The van der Waals surface area contributed by atoms with Crippen LogP contribution in [0.4, 0.5) is 0 Å². The number of nitrogens with zero attached hydrogens (tertiary/aromatic N) is 2. The van der Waals surface area contributed by atoms with E-state index in [-0.39, 0.29) is 12.5 Å². The maximum atomic E-state index is 12.7. The Hall–Kier alpha value is -1.30. The average molecular weight is 359 g/mol. The van der Waals surface area contributed by atoms with E-state index >= 15 is 0 Å². The summed E-state index contributed by atoms with van der Waals surface area (Å²) in [5, 5.41) is 0. The lowest BCUT2D eigenvalue weighted by atomic mass is 10.0. The molecule has 0 bridgehead atoms. The molecule has 0 aliphatic rings. The molecule has 1 rings (SSSR count). The summed E-state index contributed by atoms with van der Waals surface area (Å²) in [7, 11) is 3.15. The van der Waals surface area contributed by atoms with Gasteiger partial charge in [-0.1, -0.05) is 26.7 Å². The number of ether oxygens (including phenoxy) is 1. The summed E-state index contributed by atoms with van der Waals surface area (Å²) >= 11 is 3.36. The number of rotatable bonds is 7. The Balaban J connectivity index is 2.96. The van der Waals surface area contributed by atoms with E-state index in [1.807, 2.05) is 13.2 Å². The van der Waals surface area contributed by atoms with E-state index in [4.69, 9.17) is 4.74 Å². The predicted molar refractivity (Wildman–Crippen MR) is 85.1 cm³/mol. The molecule has 6 heteroatoms. The van der Waals surface area contributed by atoms with Crippen LogP contribution in [0.5, 0.6) is 0 Å². The molecule has 1 heterocycles. The van der Waals surface area contributed by atoms with Crippen molar-refractivity contribution in [1.29, 1.82) is 0 Å². The first-order valence-electron chi connectivity index (χ1n) is 7.10. The summed E-state index contributed by atoms with van der Waals surface area (Å²) in [6.07, 6.45) is 3.76. The zero-order valence-electron chi connectivity index (χ0n) is 13.1. The van der Waals surface area contributed by atoms with Crippen molar-refractivity contribution in [3.8, 4) is 0 Å². The van der Waals surface area contributed by atoms with Crippen molar-refractivity contribution in [1.82, 2.24) is 9.47 Å². The number of esters is 1. The second-order valence-corrected chi connectivity index (χ2v) is 6.01. The Bertz CT molecular complexity index is 495. The van der Waals surface area contributed by atoms with Crippen molar-refractivity contribution in [2.45, 2.75) is 26.7 Å². The fourth-order valence-electron chi connectivity index (χ4n) is 2.20. The third kappa shape index (κ3) is 4.88. The van der Waals surface area contributed by atoms with Crippen LogP contribution >= 0.6 is 15.9 Å². The molecule has 0 saturated carbocycles. The maximum Gasteiger partial charge on any atom is 0.325 e. The summed E-state index contributed by atoms with van der Waals surface area (Å²) in [4.78, 5) is 25.8. The Morgan fingerprint density at radius 2 is 2.00 bits per heavy atom. The van der Waals surface area contributed by atoms with Gasteiger partial charge in [0, 0.05) is 24.3 Å². The monoisotopic (exact) mass is 358 g/mol. The van der Waals surface area contributed by atoms with E-state index in [0.717, 1.165) is 17.3 Å². The van der Waals surface area contributed by atoms with Gasteiger partial charge in [-0.05, 0) is 27.9 Å². The van der Waals surface area contributed by atoms with E-state index in [1.54, 1.807) is 15.5 Å². The number of carbonyl (C=O) groups excluding carboxylic acids is 2.